The van der Waals surface area contributed by atoms with Crippen molar-refractivity contribution >= 4 is 0 Å². The van der Waals surface area contributed by atoms with Gasteiger partial charge in [0.1, 0.15) is 0 Å². The summed E-state index contributed by atoms with van der Waals surface area (Å²) in [6, 6.07) is 1.39. The molecule has 1 aliphatic carbocycles. The molecule has 1 rings (SSSR count). The summed E-state index contributed by atoms with van der Waals surface area (Å²) in [7, 11) is 2.32. The lowest BCUT2D eigenvalue weighted by atomic mass is 9.80. The van der Waals surface area contributed by atoms with Crippen LogP contribution in [0.3, 0.4) is 0 Å². The van der Waals surface area contributed by atoms with Gasteiger partial charge in [0.15, 0.2) is 0 Å². The maximum absolute atomic E-state index is 3.69. The number of likely N-dealkylation sites (N-methyl/N-ethyl adjacent to an activating group) is 2. The molecule has 2 heteroatoms. The van der Waals surface area contributed by atoms with Gasteiger partial charge in [0, 0.05) is 17.6 Å². The Hall–Kier alpha value is -0.0800. The maximum atomic E-state index is 3.69. The van der Waals surface area contributed by atoms with Crippen LogP contribution in [0.4, 0.5) is 0 Å². The van der Waals surface area contributed by atoms with E-state index in [0.717, 1.165) is 12.5 Å². The minimum atomic E-state index is 0.315. The van der Waals surface area contributed by atoms with E-state index in [-0.39, 0.29) is 0 Å². The zero-order valence-electron chi connectivity index (χ0n) is 12.7. The van der Waals surface area contributed by atoms with Crippen LogP contribution in [0.1, 0.15) is 60.3 Å². The van der Waals surface area contributed by atoms with Gasteiger partial charge in [-0.05, 0) is 59.0 Å². The van der Waals surface area contributed by atoms with Crippen molar-refractivity contribution < 1.29 is 0 Å². The molecule has 17 heavy (non-hydrogen) atoms. The molecule has 0 aromatic rings. The van der Waals surface area contributed by atoms with Crippen LogP contribution in [0.2, 0.25) is 0 Å². The lowest BCUT2D eigenvalue weighted by Gasteiger charge is -2.47. The average molecular weight is 240 g/mol. The van der Waals surface area contributed by atoms with E-state index in [0.29, 0.717) is 17.6 Å². The molecule has 1 N–H and O–H groups in total. The molecule has 0 aliphatic heterocycles. The monoisotopic (exact) mass is 240 g/mol. The molecule has 0 aromatic carbocycles. The van der Waals surface area contributed by atoms with Gasteiger partial charge < -0.3 is 5.32 Å². The molecule has 3 atom stereocenters. The van der Waals surface area contributed by atoms with Gasteiger partial charge >= 0.3 is 0 Å². The molecular weight excluding hydrogens is 208 g/mol. The summed E-state index contributed by atoms with van der Waals surface area (Å²) >= 11 is 0. The molecule has 0 aromatic heterocycles. The summed E-state index contributed by atoms with van der Waals surface area (Å²) in [4.78, 5) is 2.62. The Kier molecular flexibility index (Phi) is 5.46. The highest BCUT2D eigenvalue weighted by atomic mass is 15.2. The fourth-order valence-corrected chi connectivity index (χ4v) is 2.98. The van der Waals surface area contributed by atoms with Crippen LogP contribution in [0.15, 0.2) is 0 Å². The Morgan fingerprint density at radius 2 is 1.88 bits per heavy atom. The smallest absolute Gasteiger partial charge is 0.0254 e. The van der Waals surface area contributed by atoms with Crippen molar-refractivity contribution in [3.63, 3.8) is 0 Å². The lowest BCUT2D eigenvalue weighted by molar-refractivity contribution is 0.0418. The Morgan fingerprint density at radius 1 is 1.24 bits per heavy atom. The molecule has 3 unspecified atom stereocenters. The molecule has 0 spiro atoms. The Bertz CT molecular complexity index is 225. The minimum absolute atomic E-state index is 0.315. The van der Waals surface area contributed by atoms with Crippen molar-refractivity contribution in [2.24, 2.45) is 5.92 Å². The van der Waals surface area contributed by atoms with E-state index in [4.69, 9.17) is 0 Å². The van der Waals surface area contributed by atoms with Crippen LogP contribution < -0.4 is 5.32 Å². The summed E-state index contributed by atoms with van der Waals surface area (Å²) in [5, 5.41) is 3.69. The molecule has 0 bridgehead atoms. The molecule has 1 aliphatic rings. The standard InChI is InChI=1S/C15H32N2/c1-7-15(4,5)17(6)14-11-12(3)9-10-13(14)16-8-2/h12-14,16H,7-11H2,1-6H3. The van der Waals surface area contributed by atoms with Crippen molar-refractivity contribution in [3.8, 4) is 0 Å². The largest absolute Gasteiger partial charge is 0.313 e. The van der Waals surface area contributed by atoms with Crippen LogP contribution in [-0.2, 0) is 0 Å². The van der Waals surface area contributed by atoms with E-state index in [1.54, 1.807) is 0 Å². The quantitative estimate of drug-likeness (QED) is 0.793. The number of nitrogens with zero attached hydrogens (tertiary/aromatic N) is 1. The number of hydrogen-bond acceptors (Lipinski definition) is 2. The van der Waals surface area contributed by atoms with Gasteiger partial charge in [-0.2, -0.15) is 0 Å². The summed E-state index contributed by atoms with van der Waals surface area (Å²) < 4.78 is 0. The predicted octanol–water partition coefficient (Wildman–Crippen LogP) is 3.27. The van der Waals surface area contributed by atoms with E-state index in [1.165, 1.54) is 25.7 Å². The molecule has 0 saturated heterocycles. The fourth-order valence-electron chi connectivity index (χ4n) is 2.98. The van der Waals surface area contributed by atoms with Crippen LogP contribution >= 0.6 is 0 Å². The van der Waals surface area contributed by atoms with Gasteiger partial charge in [-0.15, -0.1) is 0 Å². The Morgan fingerprint density at radius 3 is 2.41 bits per heavy atom. The molecule has 0 amide bonds. The summed E-state index contributed by atoms with van der Waals surface area (Å²) in [6.07, 6.45) is 5.28. The zero-order valence-corrected chi connectivity index (χ0v) is 12.7. The number of nitrogens with one attached hydrogen (secondary N) is 1. The molecule has 2 nitrogen and oxygen atoms in total. The van der Waals surface area contributed by atoms with Crippen LogP contribution in [0.5, 0.6) is 0 Å². The van der Waals surface area contributed by atoms with Crippen molar-refractivity contribution in [3.05, 3.63) is 0 Å². The third kappa shape index (κ3) is 3.69. The van der Waals surface area contributed by atoms with Gasteiger partial charge in [0.25, 0.3) is 0 Å². The molecular formula is C15H32N2. The Balaban J connectivity index is 2.74. The number of hydrogen-bond donors (Lipinski definition) is 1. The van der Waals surface area contributed by atoms with Crippen molar-refractivity contribution in [2.45, 2.75) is 77.9 Å². The summed E-state index contributed by atoms with van der Waals surface area (Å²) in [5.41, 5.74) is 0.315. The highest BCUT2D eigenvalue weighted by Gasteiger charge is 2.36. The second-order valence-corrected chi connectivity index (χ2v) is 6.43. The van der Waals surface area contributed by atoms with E-state index >= 15 is 0 Å². The molecule has 1 fully saturated rings. The second kappa shape index (κ2) is 6.19. The average Bonchev–Trinajstić information content (AvgIpc) is 2.30. The van der Waals surface area contributed by atoms with E-state index in [2.05, 4.69) is 51.9 Å². The van der Waals surface area contributed by atoms with Gasteiger partial charge in [-0.1, -0.05) is 20.8 Å². The highest BCUT2D eigenvalue weighted by molar-refractivity contribution is 4.93. The minimum Gasteiger partial charge on any atom is -0.313 e. The normalized spacial score (nSPS) is 30.9. The van der Waals surface area contributed by atoms with Gasteiger partial charge in [-0.3, -0.25) is 4.90 Å². The highest BCUT2D eigenvalue weighted by Crippen LogP contribution is 2.31. The van der Waals surface area contributed by atoms with Crippen molar-refractivity contribution in [2.75, 3.05) is 13.6 Å². The first-order valence-corrected chi connectivity index (χ1v) is 7.38. The fraction of sp³-hybridized carbons (Fsp3) is 1.00. The van der Waals surface area contributed by atoms with E-state index < -0.39 is 0 Å². The van der Waals surface area contributed by atoms with Gasteiger partial charge in [0.2, 0.25) is 0 Å². The maximum Gasteiger partial charge on any atom is 0.0254 e. The first-order chi connectivity index (χ1) is 7.92. The number of rotatable bonds is 5. The second-order valence-electron chi connectivity index (χ2n) is 6.43. The lowest BCUT2D eigenvalue weighted by Crippen LogP contribution is -2.57. The first-order valence-electron chi connectivity index (χ1n) is 7.38. The van der Waals surface area contributed by atoms with E-state index in [1.807, 2.05) is 0 Å². The van der Waals surface area contributed by atoms with E-state index in [9.17, 15) is 0 Å². The first kappa shape index (κ1) is 15.0. The molecule has 102 valence electrons. The topological polar surface area (TPSA) is 15.3 Å². The van der Waals surface area contributed by atoms with Crippen molar-refractivity contribution in [1.29, 1.82) is 0 Å². The van der Waals surface area contributed by atoms with Gasteiger partial charge in [0.05, 0.1) is 0 Å². The molecule has 1 saturated carbocycles. The van der Waals surface area contributed by atoms with Crippen LogP contribution in [0.25, 0.3) is 0 Å². The van der Waals surface area contributed by atoms with Gasteiger partial charge in [-0.25, -0.2) is 0 Å². The third-order valence-corrected chi connectivity index (χ3v) is 4.86. The molecule has 0 heterocycles. The van der Waals surface area contributed by atoms with Crippen LogP contribution in [0, 0.1) is 5.92 Å². The Labute approximate surface area is 108 Å². The SMILES string of the molecule is CCNC1CCC(C)CC1N(C)C(C)(C)CC. The summed E-state index contributed by atoms with van der Waals surface area (Å²) in [5.74, 6) is 0.880. The van der Waals surface area contributed by atoms with Crippen LogP contribution in [-0.4, -0.2) is 36.1 Å². The predicted molar refractivity (Wildman–Crippen MR) is 76.4 cm³/mol. The van der Waals surface area contributed by atoms with Crippen molar-refractivity contribution in [1.82, 2.24) is 10.2 Å². The zero-order chi connectivity index (χ0) is 13.1. The molecule has 0 radical (unpaired) electrons. The summed E-state index contributed by atoms with van der Waals surface area (Å²) in [6.45, 7) is 12.8. The third-order valence-electron chi connectivity index (χ3n) is 4.86.